The third-order valence-corrected chi connectivity index (χ3v) is 5.98. The van der Waals surface area contributed by atoms with Crippen molar-refractivity contribution in [3.05, 3.63) is 47.2 Å². The van der Waals surface area contributed by atoms with Gasteiger partial charge in [-0.1, -0.05) is 24.3 Å². The van der Waals surface area contributed by atoms with Crippen LogP contribution >= 0.6 is 0 Å². The molecule has 2 heterocycles. The molecular formula is C16H18N4O3S. The molecule has 0 saturated carbocycles. The summed E-state index contributed by atoms with van der Waals surface area (Å²) in [6, 6.07) is 9.24. The number of nitrogens with zero attached hydrogens (tertiary/aromatic N) is 4. The van der Waals surface area contributed by atoms with Gasteiger partial charge in [-0.25, -0.2) is 8.42 Å². The lowest BCUT2D eigenvalue weighted by atomic mass is 9.96. The summed E-state index contributed by atoms with van der Waals surface area (Å²) in [4.78, 5) is 0. The molecule has 2 aromatic rings. The molecule has 1 aliphatic heterocycles. The molecule has 1 aromatic heterocycles. The van der Waals surface area contributed by atoms with Crippen LogP contribution in [-0.4, -0.2) is 28.7 Å². The Morgan fingerprint density at radius 3 is 2.75 bits per heavy atom. The van der Waals surface area contributed by atoms with Crippen molar-refractivity contribution in [3.63, 3.8) is 0 Å². The fraction of sp³-hybridized carbons (Fsp3) is 0.438. The SMILES string of the molecule is Cc1nnc(C2Cc3ccccc3CN2S(=O)(=O)CCCC#N)o1. The normalized spacial score (nSPS) is 18.1. The maximum atomic E-state index is 12.8. The van der Waals surface area contributed by atoms with Gasteiger partial charge in [-0.2, -0.15) is 9.57 Å². The van der Waals surface area contributed by atoms with E-state index in [4.69, 9.17) is 9.68 Å². The van der Waals surface area contributed by atoms with E-state index in [-0.39, 0.29) is 18.7 Å². The fourth-order valence-electron chi connectivity index (χ4n) is 2.90. The van der Waals surface area contributed by atoms with Crippen molar-refractivity contribution in [1.29, 1.82) is 5.26 Å². The Labute approximate surface area is 141 Å². The van der Waals surface area contributed by atoms with Gasteiger partial charge in [-0.3, -0.25) is 0 Å². The standard InChI is InChI=1S/C16H18N4O3S/c1-12-18-19-16(23-12)15-10-13-6-2-3-7-14(13)11-20(15)24(21,22)9-5-4-8-17/h2-3,6-7,15H,4-5,9-11H2,1H3. The Bertz CT molecular complexity index is 869. The Balaban J connectivity index is 1.96. The summed E-state index contributed by atoms with van der Waals surface area (Å²) < 4.78 is 32.5. The van der Waals surface area contributed by atoms with Gasteiger partial charge in [0.25, 0.3) is 0 Å². The van der Waals surface area contributed by atoms with Gasteiger partial charge >= 0.3 is 0 Å². The zero-order valence-electron chi connectivity index (χ0n) is 13.3. The molecule has 0 saturated heterocycles. The molecule has 1 atom stereocenters. The van der Waals surface area contributed by atoms with E-state index in [0.717, 1.165) is 11.1 Å². The molecule has 0 fully saturated rings. The van der Waals surface area contributed by atoms with Gasteiger partial charge in [0.2, 0.25) is 21.8 Å². The highest BCUT2D eigenvalue weighted by atomic mass is 32.2. The van der Waals surface area contributed by atoms with E-state index in [9.17, 15) is 8.42 Å². The third kappa shape index (κ3) is 3.32. The highest BCUT2D eigenvalue weighted by Crippen LogP contribution is 2.35. The van der Waals surface area contributed by atoms with Crippen LogP contribution in [0.5, 0.6) is 0 Å². The van der Waals surface area contributed by atoms with Gasteiger partial charge in [-0.15, -0.1) is 10.2 Å². The first-order chi connectivity index (χ1) is 11.5. The molecular weight excluding hydrogens is 328 g/mol. The van der Waals surface area contributed by atoms with Gasteiger partial charge in [0.1, 0.15) is 6.04 Å². The minimum absolute atomic E-state index is 0.0631. The molecule has 1 unspecified atom stereocenters. The first kappa shape index (κ1) is 16.6. The Kier molecular flexibility index (Phi) is 4.64. The summed E-state index contributed by atoms with van der Waals surface area (Å²) in [7, 11) is -3.53. The molecule has 126 valence electrons. The van der Waals surface area contributed by atoms with Crippen LogP contribution < -0.4 is 0 Å². The maximum Gasteiger partial charge on any atom is 0.235 e. The van der Waals surface area contributed by atoms with Crippen LogP contribution in [-0.2, 0) is 23.0 Å². The van der Waals surface area contributed by atoms with Crippen LogP contribution in [0.4, 0.5) is 0 Å². The lowest BCUT2D eigenvalue weighted by Crippen LogP contribution is -2.40. The second kappa shape index (κ2) is 6.71. The predicted molar refractivity (Wildman–Crippen MR) is 86.1 cm³/mol. The first-order valence-corrected chi connectivity index (χ1v) is 9.35. The van der Waals surface area contributed by atoms with Crippen molar-refractivity contribution in [1.82, 2.24) is 14.5 Å². The van der Waals surface area contributed by atoms with E-state index in [1.165, 1.54) is 4.31 Å². The van der Waals surface area contributed by atoms with Gasteiger partial charge in [-0.05, 0) is 24.0 Å². The zero-order valence-corrected chi connectivity index (χ0v) is 14.2. The third-order valence-electron chi connectivity index (χ3n) is 4.08. The van der Waals surface area contributed by atoms with Crippen molar-refractivity contribution in [2.24, 2.45) is 0 Å². The summed E-state index contributed by atoms with van der Waals surface area (Å²) in [5, 5.41) is 16.5. The van der Waals surface area contributed by atoms with Crippen LogP contribution in [0.2, 0.25) is 0 Å². The predicted octanol–water partition coefficient (Wildman–Crippen LogP) is 2.11. The molecule has 3 rings (SSSR count). The molecule has 0 aliphatic carbocycles. The minimum Gasteiger partial charge on any atom is -0.424 e. The number of hydrogen-bond acceptors (Lipinski definition) is 6. The van der Waals surface area contributed by atoms with E-state index < -0.39 is 16.1 Å². The Morgan fingerprint density at radius 2 is 2.08 bits per heavy atom. The second-order valence-corrected chi connectivity index (χ2v) is 7.81. The number of sulfonamides is 1. The molecule has 0 radical (unpaired) electrons. The number of nitriles is 1. The van der Waals surface area contributed by atoms with Crippen molar-refractivity contribution in [2.75, 3.05) is 5.75 Å². The van der Waals surface area contributed by atoms with E-state index in [0.29, 0.717) is 24.6 Å². The number of hydrogen-bond donors (Lipinski definition) is 0. The fourth-order valence-corrected chi connectivity index (χ4v) is 4.53. The summed E-state index contributed by atoms with van der Waals surface area (Å²) in [6.07, 6.45) is 1.02. The van der Waals surface area contributed by atoms with Crippen LogP contribution in [0.25, 0.3) is 0 Å². The smallest absolute Gasteiger partial charge is 0.235 e. The average molecular weight is 346 g/mol. The average Bonchev–Trinajstić information content (AvgIpc) is 3.00. The summed E-state index contributed by atoms with van der Waals surface area (Å²) in [5.74, 6) is 0.656. The van der Waals surface area contributed by atoms with E-state index in [1.54, 1.807) is 6.92 Å². The lowest BCUT2D eigenvalue weighted by molar-refractivity contribution is 0.249. The topological polar surface area (TPSA) is 100 Å². The monoisotopic (exact) mass is 346 g/mol. The Hall–Kier alpha value is -2.24. The number of rotatable bonds is 5. The molecule has 0 bridgehead atoms. The molecule has 24 heavy (non-hydrogen) atoms. The van der Waals surface area contributed by atoms with Crippen LogP contribution in [0.15, 0.2) is 28.7 Å². The molecule has 1 aromatic carbocycles. The van der Waals surface area contributed by atoms with Gasteiger partial charge in [0.05, 0.1) is 11.8 Å². The molecule has 8 heteroatoms. The van der Waals surface area contributed by atoms with Gasteiger partial charge in [0, 0.05) is 19.9 Å². The quantitative estimate of drug-likeness (QED) is 0.769. The largest absolute Gasteiger partial charge is 0.424 e. The Morgan fingerprint density at radius 1 is 1.33 bits per heavy atom. The minimum atomic E-state index is -3.53. The number of benzene rings is 1. The molecule has 1 aliphatic rings. The van der Waals surface area contributed by atoms with Crippen LogP contribution in [0.3, 0.4) is 0 Å². The zero-order chi connectivity index (χ0) is 17.2. The highest BCUT2D eigenvalue weighted by molar-refractivity contribution is 7.89. The van der Waals surface area contributed by atoms with Crippen molar-refractivity contribution >= 4 is 10.0 Å². The maximum absolute atomic E-state index is 12.8. The van der Waals surface area contributed by atoms with E-state index >= 15 is 0 Å². The van der Waals surface area contributed by atoms with Gasteiger partial charge < -0.3 is 4.42 Å². The number of unbranched alkanes of at least 4 members (excludes halogenated alkanes) is 1. The second-order valence-electron chi connectivity index (χ2n) is 5.77. The van der Waals surface area contributed by atoms with Crippen LogP contribution in [0, 0.1) is 18.3 Å². The molecule has 7 nitrogen and oxygen atoms in total. The van der Waals surface area contributed by atoms with E-state index in [2.05, 4.69) is 10.2 Å². The van der Waals surface area contributed by atoms with Crippen molar-refractivity contribution in [3.8, 4) is 6.07 Å². The number of fused-ring (bicyclic) bond motifs is 1. The summed E-state index contributed by atoms with van der Waals surface area (Å²) in [5.41, 5.74) is 2.07. The lowest BCUT2D eigenvalue weighted by Gasteiger charge is -2.33. The molecule has 0 amide bonds. The van der Waals surface area contributed by atoms with Crippen LogP contribution in [0.1, 0.15) is 41.8 Å². The van der Waals surface area contributed by atoms with E-state index in [1.807, 2.05) is 30.3 Å². The summed E-state index contributed by atoms with van der Waals surface area (Å²) >= 11 is 0. The van der Waals surface area contributed by atoms with Crippen molar-refractivity contribution in [2.45, 2.75) is 38.8 Å². The summed E-state index contributed by atoms with van der Waals surface area (Å²) in [6.45, 7) is 1.95. The number of aromatic nitrogens is 2. The van der Waals surface area contributed by atoms with Crippen molar-refractivity contribution < 1.29 is 12.8 Å². The van der Waals surface area contributed by atoms with Gasteiger partial charge in [0.15, 0.2) is 0 Å². The molecule has 0 spiro atoms. The molecule has 0 N–H and O–H groups in total. The number of aryl methyl sites for hydroxylation is 1. The first-order valence-electron chi connectivity index (χ1n) is 7.74. The highest BCUT2D eigenvalue weighted by Gasteiger charge is 2.38.